The van der Waals surface area contributed by atoms with Crippen LogP contribution in [0.2, 0.25) is 0 Å². The van der Waals surface area contributed by atoms with Gasteiger partial charge in [0.1, 0.15) is 40.4 Å². The average molecular weight is 696 g/mol. The predicted octanol–water partition coefficient (Wildman–Crippen LogP) is 3.45. The van der Waals surface area contributed by atoms with Crippen molar-refractivity contribution in [2.45, 2.75) is 123 Å². The number of esters is 1. The minimum Gasteiger partial charge on any atom is -0.458 e. The SMILES string of the molecule is CC(C)(C)OC(=O)C(C)(C)NC(=O)C(C)(C)NC(=O)C(C)(C)NC(=O)C(C)(C)NC(=O)[C@H](Cc1ccccc1)NC(=O)OCc1ccccc1. The molecule has 0 radical (unpaired) electrons. The predicted molar refractivity (Wildman–Crippen MR) is 188 cm³/mol. The van der Waals surface area contributed by atoms with Gasteiger partial charge in [-0.25, -0.2) is 9.59 Å². The van der Waals surface area contributed by atoms with Gasteiger partial charge < -0.3 is 36.1 Å². The molecule has 0 bridgehead atoms. The molecule has 274 valence electrons. The number of amides is 5. The van der Waals surface area contributed by atoms with E-state index >= 15 is 0 Å². The maximum atomic E-state index is 13.6. The number of nitrogens with one attached hydrogen (secondary N) is 5. The summed E-state index contributed by atoms with van der Waals surface area (Å²) in [5.74, 6) is -3.37. The number of carbonyl (C=O) groups is 6. The van der Waals surface area contributed by atoms with Crippen LogP contribution in [-0.2, 0) is 46.5 Å². The molecule has 2 aromatic carbocycles. The third-order valence-corrected chi connectivity index (χ3v) is 7.43. The van der Waals surface area contributed by atoms with Crippen LogP contribution in [0.3, 0.4) is 0 Å². The van der Waals surface area contributed by atoms with Crippen LogP contribution in [0.5, 0.6) is 0 Å². The van der Waals surface area contributed by atoms with Crippen molar-refractivity contribution in [3.63, 3.8) is 0 Å². The highest BCUT2D eigenvalue weighted by Gasteiger charge is 2.43. The van der Waals surface area contributed by atoms with Crippen LogP contribution in [0.25, 0.3) is 0 Å². The third-order valence-electron chi connectivity index (χ3n) is 7.43. The van der Waals surface area contributed by atoms with Crippen LogP contribution in [0.4, 0.5) is 4.79 Å². The highest BCUT2D eigenvalue weighted by atomic mass is 16.6. The molecule has 0 aliphatic rings. The smallest absolute Gasteiger partial charge is 0.408 e. The number of hydrogen-bond acceptors (Lipinski definition) is 8. The summed E-state index contributed by atoms with van der Waals surface area (Å²) in [6, 6.07) is 17.0. The minimum absolute atomic E-state index is 0.00262. The van der Waals surface area contributed by atoms with Crippen molar-refractivity contribution >= 4 is 35.7 Å². The second-order valence-corrected chi connectivity index (χ2v) is 15.3. The molecular weight excluding hydrogens is 642 g/mol. The lowest BCUT2D eigenvalue weighted by atomic mass is 9.95. The van der Waals surface area contributed by atoms with Crippen LogP contribution in [0.1, 0.15) is 87.3 Å². The summed E-state index contributed by atoms with van der Waals surface area (Å²) in [7, 11) is 0. The highest BCUT2D eigenvalue weighted by molar-refractivity contribution is 6.00. The fraction of sp³-hybridized carbons (Fsp3) is 0.514. The first-order chi connectivity index (χ1) is 22.8. The Hall–Kier alpha value is -4.94. The van der Waals surface area contributed by atoms with Gasteiger partial charge in [-0.2, -0.15) is 0 Å². The molecule has 1 atom stereocenters. The van der Waals surface area contributed by atoms with E-state index in [1.807, 2.05) is 24.3 Å². The molecule has 2 aromatic rings. The molecule has 13 nitrogen and oxygen atoms in total. The zero-order valence-corrected chi connectivity index (χ0v) is 31.0. The molecule has 2 rings (SSSR count). The molecule has 13 heteroatoms. The number of hydrogen-bond donors (Lipinski definition) is 5. The molecule has 50 heavy (non-hydrogen) atoms. The zero-order valence-electron chi connectivity index (χ0n) is 31.0. The van der Waals surface area contributed by atoms with Crippen LogP contribution in [0, 0.1) is 0 Å². The van der Waals surface area contributed by atoms with Crippen molar-refractivity contribution in [1.29, 1.82) is 0 Å². The molecule has 0 aliphatic heterocycles. The van der Waals surface area contributed by atoms with Gasteiger partial charge in [-0.15, -0.1) is 0 Å². The molecule has 0 aliphatic carbocycles. The van der Waals surface area contributed by atoms with E-state index in [4.69, 9.17) is 9.47 Å². The maximum Gasteiger partial charge on any atom is 0.408 e. The Bertz CT molecular complexity index is 1530. The summed E-state index contributed by atoms with van der Waals surface area (Å²) in [6.45, 7) is 16.8. The molecule has 0 spiro atoms. The van der Waals surface area contributed by atoms with E-state index in [1.54, 1.807) is 57.2 Å². The van der Waals surface area contributed by atoms with Crippen molar-refractivity contribution in [2.75, 3.05) is 0 Å². The van der Waals surface area contributed by atoms with Crippen LogP contribution in [-0.4, -0.2) is 69.5 Å². The van der Waals surface area contributed by atoms with E-state index < -0.39 is 69.5 Å². The third kappa shape index (κ3) is 12.8. The van der Waals surface area contributed by atoms with E-state index in [1.165, 1.54) is 55.4 Å². The van der Waals surface area contributed by atoms with Gasteiger partial charge in [-0.3, -0.25) is 19.2 Å². The van der Waals surface area contributed by atoms with Crippen LogP contribution in [0.15, 0.2) is 60.7 Å². The lowest BCUT2D eigenvalue weighted by Gasteiger charge is -2.36. The molecule has 0 saturated heterocycles. The Labute approximate surface area is 295 Å². The molecule has 0 unspecified atom stereocenters. The molecule has 0 fully saturated rings. The number of benzene rings is 2. The quantitative estimate of drug-likeness (QED) is 0.186. The fourth-order valence-electron chi connectivity index (χ4n) is 4.31. The van der Waals surface area contributed by atoms with E-state index in [2.05, 4.69) is 26.6 Å². The minimum atomic E-state index is -1.56. The number of carbonyl (C=O) groups excluding carboxylic acids is 6. The Morgan fingerprint density at radius 2 is 0.960 bits per heavy atom. The van der Waals surface area contributed by atoms with Gasteiger partial charge in [-0.05, 0) is 87.3 Å². The summed E-state index contributed by atoms with van der Waals surface area (Å²) >= 11 is 0. The Balaban J connectivity index is 2.10. The second kappa shape index (κ2) is 16.2. The average Bonchev–Trinajstić information content (AvgIpc) is 2.99. The number of alkyl carbamates (subject to hydrolysis) is 1. The molecule has 5 N–H and O–H groups in total. The number of rotatable bonds is 14. The lowest BCUT2D eigenvalue weighted by molar-refractivity contribution is -0.163. The van der Waals surface area contributed by atoms with Crippen LogP contribution >= 0.6 is 0 Å². The van der Waals surface area contributed by atoms with Gasteiger partial charge >= 0.3 is 12.1 Å². The van der Waals surface area contributed by atoms with E-state index in [-0.39, 0.29) is 13.0 Å². The molecule has 0 heterocycles. The van der Waals surface area contributed by atoms with Gasteiger partial charge in [0, 0.05) is 6.42 Å². The fourth-order valence-corrected chi connectivity index (χ4v) is 4.31. The first-order valence-corrected chi connectivity index (χ1v) is 16.4. The summed E-state index contributed by atoms with van der Waals surface area (Å²) in [4.78, 5) is 79.0. The number of ether oxygens (including phenoxy) is 2. The van der Waals surface area contributed by atoms with E-state index in [0.717, 1.165) is 11.1 Å². The second-order valence-electron chi connectivity index (χ2n) is 15.3. The standard InChI is InChI=1S/C37H53N5O8/c1-33(2,3)50-31(47)37(10,11)42-30(46)36(8,9)41-29(45)35(6,7)40-28(44)34(4,5)39-27(43)26(22-24-18-14-12-15-19-24)38-32(48)49-23-25-20-16-13-17-21-25/h12-21,26H,22-23H2,1-11H3,(H,38,48)(H,39,43)(H,40,44)(H,41,45)(H,42,46)/t26-/m0/s1. The summed E-state index contributed by atoms with van der Waals surface area (Å²) in [6.07, 6.45) is -0.702. The Morgan fingerprint density at radius 1 is 0.560 bits per heavy atom. The van der Waals surface area contributed by atoms with Gasteiger partial charge in [0.15, 0.2) is 0 Å². The normalized spacial score (nSPS) is 12.9. The Kier molecular flexibility index (Phi) is 13.3. The monoisotopic (exact) mass is 695 g/mol. The molecule has 5 amide bonds. The van der Waals surface area contributed by atoms with Crippen LogP contribution < -0.4 is 26.6 Å². The first-order valence-electron chi connectivity index (χ1n) is 16.4. The van der Waals surface area contributed by atoms with Crippen molar-refractivity contribution in [2.24, 2.45) is 0 Å². The van der Waals surface area contributed by atoms with Crippen molar-refractivity contribution in [3.05, 3.63) is 71.8 Å². The van der Waals surface area contributed by atoms with Gasteiger partial charge in [0.05, 0.1) is 0 Å². The largest absolute Gasteiger partial charge is 0.458 e. The van der Waals surface area contributed by atoms with Gasteiger partial charge in [0.2, 0.25) is 23.6 Å². The van der Waals surface area contributed by atoms with Crippen molar-refractivity contribution in [1.82, 2.24) is 26.6 Å². The summed E-state index contributed by atoms with van der Waals surface area (Å²) in [5.41, 5.74) is -5.25. The molecule has 0 saturated carbocycles. The zero-order chi connectivity index (χ0) is 38.1. The van der Waals surface area contributed by atoms with Gasteiger partial charge in [-0.1, -0.05) is 60.7 Å². The van der Waals surface area contributed by atoms with E-state index in [0.29, 0.717) is 0 Å². The topological polar surface area (TPSA) is 181 Å². The van der Waals surface area contributed by atoms with Crippen molar-refractivity contribution < 1.29 is 38.2 Å². The highest BCUT2D eigenvalue weighted by Crippen LogP contribution is 2.17. The summed E-state index contributed by atoms with van der Waals surface area (Å²) < 4.78 is 10.7. The lowest BCUT2D eigenvalue weighted by Crippen LogP contribution is -2.68. The van der Waals surface area contributed by atoms with E-state index in [9.17, 15) is 28.8 Å². The summed E-state index contributed by atoms with van der Waals surface area (Å²) in [5, 5.41) is 13.2. The molecular formula is C37H53N5O8. The molecule has 0 aromatic heterocycles. The first kappa shape index (κ1) is 41.2. The maximum absolute atomic E-state index is 13.6. The van der Waals surface area contributed by atoms with Crippen molar-refractivity contribution in [3.8, 4) is 0 Å². The Morgan fingerprint density at radius 3 is 1.40 bits per heavy atom. The van der Waals surface area contributed by atoms with Gasteiger partial charge in [0.25, 0.3) is 0 Å².